The van der Waals surface area contributed by atoms with Gasteiger partial charge in [0.2, 0.25) is 0 Å². The van der Waals surface area contributed by atoms with Crippen LogP contribution >= 0.6 is 0 Å². The normalized spacial score (nSPS) is 23.8. The fourth-order valence-corrected chi connectivity index (χ4v) is 1.05. The number of carbonyl (C=O) groups is 1. The van der Waals surface area contributed by atoms with Gasteiger partial charge in [0.25, 0.3) is 0 Å². The first-order chi connectivity index (χ1) is 4.72. The van der Waals surface area contributed by atoms with E-state index in [0.29, 0.717) is 6.42 Å². The van der Waals surface area contributed by atoms with Gasteiger partial charge in [0.15, 0.2) is 0 Å². The Bertz CT molecular complexity index is 132. The largest absolute Gasteiger partial charge is 0.390 e. The second-order valence-corrected chi connectivity index (χ2v) is 2.99. The second kappa shape index (κ2) is 2.66. The zero-order valence-corrected chi connectivity index (χ0v) is 5.72. The van der Waals surface area contributed by atoms with Crippen molar-refractivity contribution in [2.75, 3.05) is 6.67 Å². The Kier molecular flexibility index (Phi) is 2.04. The molecule has 1 aliphatic carbocycles. The molecule has 0 aliphatic heterocycles. The summed E-state index contributed by atoms with van der Waals surface area (Å²) in [5.41, 5.74) is -0.356. The van der Waals surface area contributed by atoms with Crippen molar-refractivity contribution in [3.8, 4) is 0 Å². The van der Waals surface area contributed by atoms with E-state index in [2.05, 4.69) is 0 Å². The van der Waals surface area contributed by atoms with E-state index in [1.807, 2.05) is 0 Å². The van der Waals surface area contributed by atoms with Crippen molar-refractivity contribution in [2.45, 2.75) is 25.4 Å². The van der Waals surface area contributed by atoms with Gasteiger partial charge in [0.1, 0.15) is 13.0 Å². The first-order valence-corrected chi connectivity index (χ1v) is 3.43. The van der Waals surface area contributed by atoms with Crippen LogP contribution in [0.5, 0.6) is 0 Å². The van der Waals surface area contributed by atoms with Crippen LogP contribution in [-0.2, 0) is 4.79 Å². The van der Waals surface area contributed by atoms with Gasteiger partial charge < -0.3 is 9.90 Å². The van der Waals surface area contributed by atoms with Gasteiger partial charge in [-0.1, -0.05) is 0 Å². The first kappa shape index (κ1) is 7.66. The third-order valence-electron chi connectivity index (χ3n) is 1.96. The molecule has 2 nitrogen and oxygen atoms in total. The number of aliphatic hydroxyl groups excluding tert-OH is 1. The standard InChI is InChI=1S/C7H11FO2/c8-4-6(10)3-7(5-9)1-2-7/h5-6,10H,1-4H2. The fraction of sp³-hybridized carbons (Fsp3) is 0.857. The Morgan fingerprint density at radius 1 is 1.70 bits per heavy atom. The molecule has 0 heterocycles. The lowest BCUT2D eigenvalue weighted by Gasteiger charge is -2.09. The number of alkyl halides is 1. The fourth-order valence-electron chi connectivity index (χ4n) is 1.05. The number of carbonyl (C=O) groups excluding carboxylic acids is 1. The lowest BCUT2D eigenvalue weighted by atomic mass is 10.0. The predicted octanol–water partition coefficient (Wildman–Crippen LogP) is 0.686. The molecule has 0 saturated heterocycles. The smallest absolute Gasteiger partial charge is 0.126 e. The van der Waals surface area contributed by atoms with Gasteiger partial charge in [-0.2, -0.15) is 0 Å². The quantitative estimate of drug-likeness (QED) is 0.592. The molecule has 58 valence electrons. The molecule has 0 aromatic heterocycles. The number of halogens is 1. The molecule has 3 heteroatoms. The van der Waals surface area contributed by atoms with Gasteiger partial charge in [-0.3, -0.25) is 0 Å². The number of aliphatic hydroxyl groups is 1. The topological polar surface area (TPSA) is 37.3 Å². The molecule has 0 aromatic carbocycles. The summed E-state index contributed by atoms with van der Waals surface area (Å²) in [5.74, 6) is 0. The van der Waals surface area contributed by atoms with Gasteiger partial charge >= 0.3 is 0 Å². The highest BCUT2D eigenvalue weighted by Gasteiger charge is 2.43. The summed E-state index contributed by atoms with van der Waals surface area (Å²) in [5, 5.41) is 8.83. The van der Waals surface area contributed by atoms with Crippen molar-refractivity contribution in [1.82, 2.24) is 0 Å². The van der Waals surface area contributed by atoms with Crippen LogP contribution in [0.2, 0.25) is 0 Å². The molecule has 0 spiro atoms. The summed E-state index contributed by atoms with van der Waals surface area (Å²) < 4.78 is 11.7. The second-order valence-electron chi connectivity index (χ2n) is 2.99. The molecule has 1 rings (SSSR count). The molecule has 0 radical (unpaired) electrons. The monoisotopic (exact) mass is 146 g/mol. The Hall–Kier alpha value is -0.440. The highest BCUT2D eigenvalue weighted by atomic mass is 19.1. The number of hydrogen-bond donors (Lipinski definition) is 1. The van der Waals surface area contributed by atoms with Crippen LogP contribution in [0, 0.1) is 5.41 Å². The number of rotatable bonds is 4. The van der Waals surface area contributed by atoms with E-state index in [9.17, 15) is 9.18 Å². The summed E-state index contributed by atoms with van der Waals surface area (Å²) in [4.78, 5) is 10.3. The molecule has 0 aromatic rings. The van der Waals surface area contributed by atoms with E-state index in [-0.39, 0.29) is 5.41 Å². The van der Waals surface area contributed by atoms with Gasteiger partial charge in [-0.15, -0.1) is 0 Å². The van der Waals surface area contributed by atoms with E-state index >= 15 is 0 Å². The molecule has 10 heavy (non-hydrogen) atoms. The van der Waals surface area contributed by atoms with Gasteiger partial charge in [-0.05, 0) is 19.3 Å². The van der Waals surface area contributed by atoms with Gasteiger partial charge in [-0.25, -0.2) is 4.39 Å². The zero-order chi connectivity index (χ0) is 7.61. The van der Waals surface area contributed by atoms with E-state index in [1.165, 1.54) is 0 Å². The Morgan fingerprint density at radius 2 is 2.30 bits per heavy atom. The summed E-state index contributed by atoms with van der Waals surface area (Å²) in [6, 6.07) is 0. The Labute approximate surface area is 59.0 Å². The summed E-state index contributed by atoms with van der Waals surface area (Å²) in [7, 11) is 0. The van der Waals surface area contributed by atoms with E-state index < -0.39 is 12.8 Å². The highest BCUT2D eigenvalue weighted by Crippen LogP contribution is 2.47. The maximum absolute atomic E-state index is 11.7. The molecule has 1 atom stereocenters. The van der Waals surface area contributed by atoms with Crippen molar-refractivity contribution in [3.63, 3.8) is 0 Å². The van der Waals surface area contributed by atoms with E-state index in [1.54, 1.807) is 0 Å². The highest BCUT2D eigenvalue weighted by molar-refractivity contribution is 5.63. The SMILES string of the molecule is O=CC1(CC(O)CF)CC1. The van der Waals surface area contributed by atoms with Crippen molar-refractivity contribution in [2.24, 2.45) is 5.41 Å². The van der Waals surface area contributed by atoms with Crippen molar-refractivity contribution < 1.29 is 14.3 Å². The minimum atomic E-state index is -0.937. The lowest BCUT2D eigenvalue weighted by molar-refractivity contribution is -0.113. The molecule has 1 aliphatic rings. The first-order valence-electron chi connectivity index (χ1n) is 3.43. The minimum absolute atomic E-state index is 0.299. The molecular weight excluding hydrogens is 135 g/mol. The maximum Gasteiger partial charge on any atom is 0.126 e. The molecule has 0 amide bonds. The van der Waals surface area contributed by atoms with E-state index in [0.717, 1.165) is 19.1 Å². The van der Waals surface area contributed by atoms with Crippen LogP contribution in [0.4, 0.5) is 4.39 Å². The van der Waals surface area contributed by atoms with Crippen molar-refractivity contribution in [1.29, 1.82) is 0 Å². The van der Waals surface area contributed by atoms with Crippen molar-refractivity contribution >= 4 is 6.29 Å². The molecule has 1 unspecified atom stereocenters. The third kappa shape index (κ3) is 1.53. The maximum atomic E-state index is 11.7. The summed E-state index contributed by atoms with van der Waals surface area (Å²) in [6.45, 7) is -0.740. The average Bonchev–Trinajstić information content (AvgIpc) is 2.70. The van der Waals surface area contributed by atoms with Crippen LogP contribution in [0.25, 0.3) is 0 Å². The molecular formula is C7H11FO2. The molecule has 1 N–H and O–H groups in total. The van der Waals surface area contributed by atoms with Gasteiger partial charge in [0, 0.05) is 5.41 Å². The van der Waals surface area contributed by atoms with Crippen LogP contribution in [-0.4, -0.2) is 24.2 Å². The zero-order valence-electron chi connectivity index (χ0n) is 5.72. The number of aldehydes is 1. The summed E-state index contributed by atoms with van der Waals surface area (Å²) >= 11 is 0. The Morgan fingerprint density at radius 3 is 2.60 bits per heavy atom. The minimum Gasteiger partial charge on any atom is -0.390 e. The molecule has 1 fully saturated rings. The summed E-state index contributed by atoms with van der Waals surface area (Å²) in [6.07, 6.45) is 1.83. The molecule has 0 bridgehead atoms. The average molecular weight is 146 g/mol. The lowest BCUT2D eigenvalue weighted by Crippen LogP contribution is -2.16. The van der Waals surface area contributed by atoms with E-state index in [4.69, 9.17) is 5.11 Å². The van der Waals surface area contributed by atoms with Crippen LogP contribution in [0.15, 0.2) is 0 Å². The van der Waals surface area contributed by atoms with Crippen LogP contribution in [0.3, 0.4) is 0 Å². The number of hydrogen-bond acceptors (Lipinski definition) is 2. The third-order valence-corrected chi connectivity index (χ3v) is 1.96. The van der Waals surface area contributed by atoms with Crippen LogP contribution in [0.1, 0.15) is 19.3 Å². The van der Waals surface area contributed by atoms with Crippen molar-refractivity contribution in [3.05, 3.63) is 0 Å². The Balaban J connectivity index is 2.30. The predicted molar refractivity (Wildman–Crippen MR) is 34.3 cm³/mol. The van der Waals surface area contributed by atoms with Crippen LogP contribution < -0.4 is 0 Å². The van der Waals surface area contributed by atoms with Gasteiger partial charge in [0.05, 0.1) is 6.10 Å². The molecule has 1 saturated carbocycles.